The molecule has 102 valence electrons. The van der Waals surface area contributed by atoms with Gasteiger partial charge in [-0.2, -0.15) is 0 Å². The zero-order valence-corrected chi connectivity index (χ0v) is 10.3. The van der Waals surface area contributed by atoms with Gasteiger partial charge in [0.05, 0.1) is 0 Å². The molecule has 0 bridgehead atoms. The van der Waals surface area contributed by atoms with E-state index in [-0.39, 0.29) is 13.0 Å². The summed E-state index contributed by atoms with van der Waals surface area (Å²) in [5, 5.41) is 9.20. The Labute approximate surface area is 108 Å². The van der Waals surface area contributed by atoms with Crippen molar-refractivity contribution >= 4 is 11.9 Å². The normalized spacial score (nSPS) is 22.6. The summed E-state index contributed by atoms with van der Waals surface area (Å²) >= 11 is 0. The van der Waals surface area contributed by atoms with Crippen molar-refractivity contribution in [1.82, 2.24) is 4.90 Å². The molecule has 1 aromatic carbocycles. The molecular formula is C13H13F2NO3. The first-order valence-corrected chi connectivity index (χ1v) is 5.87. The molecule has 0 spiro atoms. The van der Waals surface area contributed by atoms with Gasteiger partial charge in [0.1, 0.15) is 22.7 Å². The number of likely N-dealkylation sites (tertiary alicyclic amines) is 1. The van der Waals surface area contributed by atoms with Crippen LogP contribution in [0.15, 0.2) is 18.2 Å². The summed E-state index contributed by atoms with van der Waals surface area (Å²) in [5.41, 5.74) is -2.11. The van der Waals surface area contributed by atoms with E-state index in [0.717, 1.165) is 23.1 Å². The predicted octanol–water partition coefficient (Wildman–Crippen LogP) is 2.04. The van der Waals surface area contributed by atoms with Crippen molar-refractivity contribution in [1.29, 1.82) is 0 Å². The lowest BCUT2D eigenvalue weighted by atomic mass is 9.98. The maximum absolute atomic E-state index is 13.6. The number of carboxylic acid groups (broad SMARTS) is 1. The standard InChI is InChI=1S/C13H13F2NO3/c1-13(12(18)19)6-3-7-16(13)11(17)10-8(14)4-2-5-9(10)15/h2,4-5H,3,6-7H2,1H3,(H,18,19). The Morgan fingerprint density at radius 1 is 1.32 bits per heavy atom. The molecule has 1 aliphatic rings. The minimum Gasteiger partial charge on any atom is -0.480 e. The third-order valence-electron chi connectivity index (χ3n) is 3.52. The van der Waals surface area contributed by atoms with Gasteiger partial charge in [0.25, 0.3) is 5.91 Å². The summed E-state index contributed by atoms with van der Waals surface area (Å²) < 4.78 is 27.1. The van der Waals surface area contributed by atoms with E-state index >= 15 is 0 Å². The number of carbonyl (C=O) groups is 2. The van der Waals surface area contributed by atoms with Gasteiger partial charge in [-0.3, -0.25) is 4.79 Å². The molecule has 1 aromatic rings. The van der Waals surface area contributed by atoms with Crippen molar-refractivity contribution in [3.05, 3.63) is 35.4 Å². The molecule has 2 rings (SSSR count). The van der Waals surface area contributed by atoms with Crippen LogP contribution >= 0.6 is 0 Å². The van der Waals surface area contributed by atoms with Crippen LogP contribution in [0, 0.1) is 11.6 Å². The van der Waals surface area contributed by atoms with Crippen molar-refractivity contribution < 1.29 is 23.5 Å². The van der Waals surface area contributed by atoms with Gasteiger partial charge in [-0.1, -0.05) is 6.07 Å². The monoisotopic (exact) mass is 269 g/mol. The number of amides is 1. The first-order valence-electron chi connectivity index (χ1n) is 5.87. The fourth-order valence-electron chi connectivity index (χ4n) is 2.35. The zero-order chi connectivity index (χ0) is 14.2. The first kappa shape index (κ1) is 13.5. The summed E-state index contributed by atoms with van der Waals surface area (Å²) in [7, 11) is 0. The van der Waals surface area contributed by atoms with Gasteiger partial charge in [0, 0.05) is 6.54 Å². The van der Waals surface area contributed by atoms with Crippen molar-refractivity contribution in [2.75, 3.05) is 6.54 Å². The van der Waals surface area contributed by atoms with Gasteiger partial charge in [-0.25, -0.2) is 13.6 Å². The second-order valence-electron chi connectivity index (χ2n) is 4.74. The summed E-state index contributed by atoms with van der Waals surface area (Å²) in [6, 6.07) is 3.11. The van der Waals surface area contributed by atoms with Crippen LogP contribution in [0.25, 0.3) is 0 Å². The van der Waals surface area contributed by atoms with Crippen LogP contribution < -0.4 is 0 Å². The Hall–Kier alpha value is -1.98. The molecular weight excluding hydrogens is 256 g/mol. The molecule has 1 aliphatic heterocycles. The molecule has 4 nitrogen and oxygen atoms in total. The fraction of sp³-hybridized carbons (Fsp3) is 0.385. The van der Waals surface area contributed by atoms with Crippen LogP contribution in [0.3, 0.4) is 0 Å². The molecule has 0 aliphatic carbocycles. The maximum atomic E-state index is 13.6. The lowest BCUT2D eigenvalue weighted by Gasteiger charge is -2.31. The number of rotatable bonds is 2. The Morgan fingerprint density at radius 2 is 1.89 bits per heavy atom. The van der Waals surface area contributed by atoms with Crippen LogP contribution in [0.1, 0.15) is 30.1 Å². The summed E-state index contributed by atoms with van der Waals surface area (Å²) in [6.45, 7) is 1.56. The Balaban J connectivity index is 2.42. The van der Waals surface area contributed by atoms with Crippen LogP contribution in [0.4, 0.5) is 8.78 Å². The minimum atomic E-state index is -1.41. The second-order valence-corrected chi connectivity index (χ2v) is 4.74. The highest BCUT2D eigenvalue weighted by Gasteiger charge is 2.46. The quantitative estimate of drug-likeness (QED) is 0.893. The van der Waals surface area contributed by atoms with E-state index in [0.29, 0.717) is 6.42 Å². The van der Waals surface area contributed by atoms with Crippen molar-refractivity contribution in [2.24, 2.45) is 0 Å². The van der Waals surface area contributed by atoms with Gasteiger partial charge < -0.3 is 10.0 Å². The van der Waals surface area contributed by atoms with Crippen molar-refractivity contribution in [3.8, 4) is 0 Å². The molecule has 1 amide bonds. The van der Waals surface area contributed by atoms with Gasteiger partial charge in [0.15, 0.2) is 0 Å². The van der Waals surface area contributed by atoms with E-state index in [1.54, 1.807) is 0 Å². The van der Waals surface area contributed by atoms with E-state index in [2.05, 4.69) is 0 Å². The highest BCUT2D eigenvalue weighted by molar-refractivity contribution is 5.98. The summed E-state index contributed by atoms with van der Waals surface area (Å²) in [5.74, 6) is -4.05. The number of carbonyl (C=O) groups excluding carboxylic acids is 1. The molecule has 0 saturated carbocycles. The molecule has 0 aromatic heterocycles. The topological polar surface area (TPSA) is 57.6 Å². The predicted molar refractivity (Wildman–Crippen MR) is 62.7 cm³/mol. The number of hydrogen-bond acceptors (Lipinski definition) is 2. The molecule has 1 unspecified atom stereocenters. The SMILES string of the molecule is CC1(C(=O)O)CCCN1C(=O)c1c(F)cccc1F. The lowest BCUT2D eigenvalue weighted by molar-refractivity contribution is -0.147. The van der Waals surface area contributed by atoms with Crippen LogP contribution in [0.2, 0.25) is 0 Å². The van der Waals surface area contributed by atoms with Crippen LogP contribution in [-0.2, 0) is 4.79 Å². The molecule has 6 heteroatoms. The number of nitrogens with zero attached hydrogens (tertiary/aromatic N) is 1. The highest BCUT2D eigenvalue weighted by atomic mass is 19.1. The average Bonchev–Trinajstić information content (AvgIpc) is 2.72. The summed E-state index contributed by atoms with van der Waals surface area (Å²) in [4.78, 5) is 24.5. The number of hydrogen-bond donors (Lipinski definition) is 1. The van der Waals surface area contributed by atoms with Crippen molar-refractivity contribution in [2.45, 2.75) is 25.3 Å². The summed E-state index contributed by atoms with van der Waals surface area (Å²) in [6.07, 6.45) is 0.759. The lowest BCUT2D eigenvalue weighted by Crippen LogP contribution is -2.51. The molecule has 1 saturated heterocycles. The number of benzene rings is 1. The molecule has 1 atom stereocenters. The van der Waals surface area contributed by atoms with Gasteiger partial charge in [0.2, 0.25) is 0 Å². The van der Waals surface area contributed by atoms with Gasteiger partial charge >= 0.3 is 5.97 Å². The molecule has 1 fully saturated rings. The largest absolute Gasteiger partial charge is 0.480 e. The van der Waals surface area contributed by atoms with Crippen LogP contribution in [0.5, 0.6) is 0 Å². The first-order chi connectivity index (χ1) is 8.88. The van der Waals surface area contributed by atoms with Crippen LogP contribution in [-0.4, -0.2) is 34.0 Å². The molecule has 0 radical (unpaired) electrons. The molecule has 19 heavy (non-hydrogen) atoms. The van der Waals surface area contributed by atoms with E-state index in [4.69, 9.17) is 0 Å². The Bertz CT molecular complexity index is 526. The molecule has 1 N–H and O–H groups in total. The highest BCUT2D eigenvalue weighted by Crippen LogP contribution is 2.31. The van der Waals surface area contributed by atoms with E-state index in [1.807, 2.05) is 0 Å². The Morgan fingerprint density at radius 3 is 2.42 bits per heavy atom. The number of halogens is 2. The van der Waals surface area contributed by atoms with E-state index in [1.165, 1.54) is 6.92 Å². The maximum Gasteiger partial charge on any atom is 0.329 e. The minimum absolute atomic E-state index is 0.176. The smallest absolute Gasteiger partial charge is 0.329 e. The van der Waals surface area contributed by atoms with Gasteiger partial charge in [-0.15, -0.1) is 0 Å². The fourth-order valence-corrected chi connectivity index (χ4v) is 2.35. The third-order valence-corrected chi connectivity index (χ3v) is 3.52. The number of aliphatic carboxylic acids is 1. The zero-order valence-electron chi connectivity index (χ0n) is 10.3. The van der Waals surface area contributed by atoms with E-state index in [9.17, 15) is 23.5 Å². The Kier molecular flexibility index (Phi) is 3.26. The van der Waals surface area contributed by atoms with Gasteiger partial charge in [-0.05, 0) is 31.9 Å². The average molecular weight is 269 g/mol. The third kappa shape index (κ3) is 2.07. The van der Waals surface area contributed by atoms with Crippen molar-refractivity contribution in [3.63, 3.8) is 0 Å². The molecule has 1 heterocycles. The second kappa shape index (κ2) is 4.60. The number of carboxylic acids is 1. The van der Waals surface area contributed by atoms with E-state index < -0.39 is 34.6 Å².